The number of carbonyl (C=O) groups excluding carboxylic acids is 1. The van der Waals surface area contributed by atoms with Crippen LogP contribution >= 0.6 is 0 Å². The molecule has 3 nitrogen and oxygen atoms in total. The molecule has 0 N–H and O–H groups in total. The number of allylic oxidation sites excluding steroid dienone is 2. The molecule has 3 heteroatoms. The normalized spacial score (nSPS) is 14.4. The van der Waals surface area contributed by atoms with Crippen LogP contribution in [0.1, 0.15) is 12.0 Å². The zero-order chi connectivity index (χ0) is 12.1. The second-order valence-corrected chi connectivity index (χ2v) is 3.93. The Morgan fingerprint density at radius 3 is 2.76 bits per heavy atom. The predicted molar refractivity (Wildman–Crippen MR) is 66.4 cm³/mol. The maximum atomic E-state index is 10.7. The summed E-state index contributed by atoms with van der Waals surface area (Å²) in [6.45, 7) is 0.762. The topological polar surface area (TPSA) is 29.5 Å². The minimum atomic E-state index is 0.725. The van der Waals surface area contributed by atoms with Gasteiger partial charge in [0.2, 0.25) is 0 Å². The van der Waals surface area contributed by atoms with Crippen molar-refractivity contribution in [3.63, 3.8) is 0 Å². The van der Waals surface area contributed by atoms with E-state index in [-0.39, 0.29) is 0 Å². The minimum Gasteiger partial charge on any atom is -0.497 e. The molecule has 1 aromatic rings. The van der Waals surface area contributed by atoms with Gasteiger partial charge in [0.15, 0.2) is 0 Å². The highest BCUT2D eigenvalue weighted by Crippen LogP contribution is 2.16. The SMILES string of the molecule is COc1ccc(CN2C=CCC(C=O)=C2)cc1. The highest BCUT2D eigenvalue weighted by atomic mass is 16.5. The van der Waals surface area contributed by atoms with Crippen LogP contribution in [0.3, 0.4) is 0 Å². The number of aldehydes is 1. The summed E-state index contributed by atoms with van der Waals surface area (Å²) in [5.41, 5.74) is 1.99. The fourth-order valence-corrected chi connectivity index (χ4v) is 1.75. The van der Waals surface area contributed by atoms with Gasteiger partial charge in [0.25, 0.3) is 0 Å². The lowest BCUT2D eigenvalue weighted by atomic mass is 10.1. The predicted octanol–water partition coefficient (Wildman–Crippen LogP) is 2.50. The summed E-state index contributed by atoms with van der Waals surface area (Å²) in [6, 6.07) is 7.92. The number of methoxy groups -OCH3 is 1. The van der Waals surface area contributed by atoms with Gasteiger partial charge in [0.1, 0.15) is 12.0 Å². The quantitative estimate of drug-likeness (QED) is 0.743. The van der Waals surface area contributed by atoms with E-state index in [1.54, 1.807) is 7.11 Å². The molecular formula is C14H15NO2. The molecule has 17 heavy (non-hydrogen) atoms. The van der Waals surface area contributed by atoms with Crippen molar-refractivity contribution < 1.29 is 9.53 Å². The zero-order valence-corrected chi connectivity index (χ0v) is 9.80. The molecule has 1 aromatic carbocycles. The van der Waals surface area contributed by atoms with Crippen molar-refractivity contribution in [3.05, 3.63) is 53.9 Å². The summed E-state index contributed by atoms with van der Waals surface area (Å²) in [7, 11) is 1.65. The molecule has 0 saturated heterocycles. The maximum absolute atomic E-state index is 10.7. The van der Waals surface area contributed by atoms with Crippen molar-refractivity contribution in [1.82, 2.24) is 4.90 Å². The Morgan fingerprint density at radius 2 is 2.12 bits per heavy atom. The maximum Gasteiger partial charge on any atom is 0.147 e. The second kappa shape index (κ2) is 5.34. The van der Waals surface area contributed by atoms with E-state index >= 15 is 0 Å². The third-order valence-electron chi connectivity index (χ3n) is 2.66. The number of ether oxygens (including phenoxy) is 1. The van der Waals surface area contributed by atoms with Gasteiger partial charge in [-0.2, -0.15) is 0 Å². The Bertz CT molecular complexity index is 446. The summed E-state index contributed by atoms with van der Waals surface area (Å²) >= 11 is 0. The summed E-state index contributed by atoms with van der Waals surface area (Å²) in [6.07, 6.45) is 7.51. The van der Waals surface area contributed by atoms with Gasteiger partial charge in [-0.25, -0.2) is 0 Å². The van der Waals surface area contributed by atoms with Gasteiger partial charge >= 0.3 is 0 Å². The van der Waals surface area contributed by atoms with Crippen molar-refractivity contribution in [1.29, 1.82) is 0 Å². The molecule has 0 aliphatic carbocycles. The van der Waals surface area contributed by atoms with E-state index in [9.17, 15) is 4.79 Å². The van der Waals surface area contributed by atoms with Crippen molar-refractivity contribution in [3.8, 4) is 5.75 Å². The Hall–Kier alpha value is -2.03. The van der Waals surface area contributed by atoms with E-state index in [0.29, 0.717) is 0 Å². The van der Waals surface area contributed by atoms with E-state index in [2.05, 4.69) is 0 Å². The van der Waals surface area contributed by atoms with Gasteiger partial charge in [-0.1, -0.05) is 18.2 Å². The Balaban J connectivity index is 2.04. The van der Waals surface area contributed by atoms with Gasteiger partial charge < -0.3 is 9.64 Å². The molecule has 0 unspecified atom stereocenters. The smallest absolute Gasteiger partial charge is 0.147 e. The Kier molecular flexibility index (Phi) is 3.60. The number of carbonyl (C=O) groups is 1. The molecule has 0 spiro atoms. The van der Waals surface area contributed by atoms with Gasteiger partial charge in [0, 0.05) is 24.5 Å². The van der Waals surface area contributed by atoms with E-state index in [4.69, 9.17) is 4.74 Å². The number of benzene rings is 1. The van der Waals surface area contributed by atoms with Crippen LogP contribution in [0.15, 0.2) is 48.3 Å². The molecule has 1 aliphatic heterocycles. The lowest BCUT2D eigenvalue weighted by Gasteiger charge is -2.19. The number of rotatable bonds is 4. The first-order valence-corrected chi connectivity index (χ1v) is 5.53. The molecule has 1 heterocycles. The molecule has 0 atom stereocenters. The molecule has 0 radical (unpaired) electrons. The second-order valence-electron chi connectivity index (χ2n) is 3.93. The van der Waals surface area contributed by atoms with E-state index in [0.717, 1.165) is 30.6 Å². The lowest BCUT2D eigenvalue weighted by Crippen LogP contribution is -2.13. The van der Waals surface area contributed by atoms with Crippen LogP contribution in [-0.2, 0) is 11.3 Å². The minimum absolute atomic E-state index is 0.725. The fourth-order valence-electron chi connectivity index (χ4n) is 1.75. The highest BCUT2D eigenvalue weighted by molar-refractivity contribution is 5.73. The number of nitrogens with zero attached hydrogens (tertiary/aromatic N) is 1. The molecule has 0 fully saturated rings. The largest absolute Gasteiger partial charge is 0.497 e. The van der Waals surface area contributed by atoms with Crippen LogP contribution in [-0.4, -0.2) is 18.3 Å². The third kappa shape index (κ3) is 2.97. The number of hydrogen-bond acceptors (Lipinski definition) is 3. The van der Waals surface area contributed by atoms with Crippen molar-refractivity contribution in [2.75, 3.05) is 7.11 Å². The molecule has 0 saturated carbocycles. The first-order chi connectivity index (χ1) is 8.31. The van der Waals surface area contributed by atoms with Gasteiger partial charge in [0.05, 0.1) is 7.11 Å². The molecular weight excluding hydrogens is 214 g/mol. The summed E-state index contributed by atoms with van der Waals surface area (Å²) < 4.78 is 5.11. The van der Waals surface area contributed by atoms with Crippen LogP contribution in [0.5, 0.6) is 5.75 Å². The summed E-state index contributed by atoms with van der Waals surface area (Å²) in [5, 5.41) is 0. The standard InChI is InChI=1S/C14H15NO2/c1-17-14-6-4-12(5-7-14)9-15-8-2-3-13(10-15)11-16/h2,4-8,10-11H,3,9H2,1H3. The first-order valence-electron chi connectivity index (χ1n) is 5.53. The van der Waals surface area contributed by atoms with Crippen LogP contribution in [0.4, 0.5) is 0 Å². The first kappa shape index (κ1) is 11.5. The van der Waals surface area contributed by atoms with Gasteiger partial charge in [-0.3, -0.25) is 4.79 Å². The van der Waals surface area contributed by atoms with Crippen molar-refractivity contribution in [2.24, 2.45) is 0 Å². The monoisotopic (exact) mass is 229 g/mol. The van der Waals surface area contributed by atoms with Gasteiger partial charge in [-0.05, 0) is 24.1 Å². The highest BCUT2D eigenvalue weighted by Gasteiger charge is 2.05. The van der Waals surface area contributed by atoms with E-state index in [1.807, 2.05) is 47.6 Å². The van der Waals surface area contributed by atoms with E-state index in [1.165, 1.54) is 5.56 Å². The third-order valence-corrected chi connectivity index (χ3v) is 2.66. The average molecular weight is 229 g/mol. The van der Waals surface area contributed by atoms with Crippen LogP contribution < -0.4 is 4.74 Å². The molecule has 88 valence electrons. The van der Waals surface area contributed by atoms with Crippen LogP contribution in [0.2, 0.25) is 0 Å². The average Bonchev–Trinajstić information content (AvgIpc) is 2.40. The lowest BCUT2D eigenvalue weighted by molar-refractivity contribution is -0.105. The van der Waals surface area contributed by atoms with Crippen LogP contribution in [0.25, 0.3) is 0 Å². The molecule has 0 bridgehead atoms. The zero-order valence-electron chi connectivity index (χ0n) is 9.80. The Morgan fingerprint density at radius 1 is 1.35 bits per heavy atom. The molecule has 0 aromatic heterocycles. The Labute approximate surface area is 101 Å². The molecule has 2 rings (SSSR count). The summed E-state index contributed by atoms with van der Waals surface area (Å²) in [4.78, 5) is 12.7. The summed E-state index contributed by atoms with van der Waals surface area (Å²) in [5.74, 6) is 0.854. The van der Waals surface area contributed by atoms with Gasteiger partial charge in [-0.15, -0.1) is 0 Å². The number of hydrogen-bond donors (Lipinski definition) is 0. The molecule has 0 amide bonds. The molecule has 1 aliphatic rings. The fraction of sp³-hybridized carbons (Fsp3) is 0.214. The van der Waals surface area contributed by atoms with Crippen molar-refractivity contribution in [2.45, 2.75) is 13.0 Å². The van der Waals surface area contributed by atoms with E-state index < -0.39 is 0 Å². The van der Waals surface area contributed by atoms with Crippen LogP contribution in [0, 0.1) is 0 Å². The van der Waals surface area contributed by atoms with Crippen molar-refractivity contribution >= 4 is 6.29 Å².